The highest BCUT2D eigenvalue weighted by Gasteiger charge is 2.08. The number of ether oxygens (including phenoxy) is 1. The Labute approximate surface area is 108 Å². The molecule has 0 atom stereocenters. The molecular formula is C13H11N3OS. The normalized spacial score (nSPS) is 10.7. The predicted molar refractivity (Wildman–Crippen MR) is 73.8 cm³/mol. The number of aromatic nitrogens is 2. The quantitative estimate of drug-likeness (QED) is 0.766. The van der Waals surface area contributed by atoms with Gasteiger partial charge in [0.05, 0.1) is 12.5 Å². The van der Waals surface area contributed by atoms with E-state index < -0.39 is 0 Å². The van der Waals surface area contributed by atoms with E-state index in [1.54, 1.807) is 18.4 Å². The fourth-order valence-corrected chi connectivity index (χ4v) is 2.54. The number of rotatable bonds is 2. The van der Waals surface area contributed by atoms with Gasteiger partial charge in [-0.15, -0.1) is 11.3 Å². The van der Waals surface area contributed by atoms with Crippen molar-refractivity contribution >= 4 is 27.4 Å². The zero-order valence-corrected chi connectivity index (χ0v) is 10.6. The molecule has 0 fully saturated rings. The molecule has 0 saturated carbocycles. The molecule has 0 aliphatic heterocycles. The van der Waals surface area contributed by atoms with Gasteiger partial charge in [0.1, 0.15) is 16.4 Å². The van der Waals surface area contributed by atoms with Crippen LogP contribution < -0.4 is 10.5 Å². The first-order valence-corrected chi connectivity index (χ1v) is 6.31. The number of anilines is 1. The van der Waals surface area contributed by atoms with Gasteiger partial charge in [0, 0.05) is 5.56 Å². The van der Waals surface area contributed by atoms with Gasteiger partial charge in [-0.3, -0.25) is 0 Å². The number of thiophene rings is 1. The Morgan fingerprint density at radius 3 is 2.94 bits per heavy atom. The van der Waals surface area contributed by atoms with Crippen LogP contribution >= 0.6 is 11.3 Å². The molecule has 2 heterocycles. The van der Waals surface area contributed by atoms with E-state index in [4.69, 9.17) is 10.5 Å². The minimum absolute atomic E-state index is 0.513. The second-order valence-electron chi connectivity index (χ2n) is 3.80. The van der Waals surface area contributed by atoms with Crippen LogP contribution in [0, 0.1) is 0 Å². The second kappa shape index (κ2) is 4.27. The van der Waals surface area contributed by atoms with Gasteiger partial charge in [0.15, 0.2) is 5.82 Å². The molecule has 0 unspecified atom stereocenters. The fraction of sp³-hybridized carbons (Fsp3) is 0.0769. The van der Waals surface area contributed by atoms with E-state index in [1.165, 1.54) is 0 Å². The topological polar surface area (TPSA) is 61.0 Å². The molecule has 0 spiro atoms. The first kappa shape index (κ1) is 11.0. The molecule has 3 rings (SSSR count). The summed E-state index contributed by atoms with van der Waals surface area (Å²) < 4.78 is 5.19. The Hall–Kier alpha value is -2.14. The van der Waals surface area contributed by atoms with Crippen molar-refractivity contribution in [3.05, 3.63) is 35.7 Å². The van der Waals surface area contributed by atoms with Crippen molar-refractivity contribution in [3.63, 3.8) is 0 Å². The van der Waals surface area contributed by atoms with E-state index in [2.05, 4.69) is 9.97 Å². The maximum Gasteiger partial charge on any atom is 0.163 e. The minimum Gasteiger partial charge on any atom is -0.497 e. The summed E-state index contributed by atoms with van der Waals surface area (Å²) >= 11 is 1.56. The van der Waals surface area contributed by atoms with E-state index >= 15 is 0 Å². The van der Waals surface area contributed by atoms with Crippen molar-refractivity contribution in [2.75, 3.05) is 12.8 Å². The Kier molecular flexibility index (Phi) is 2.60. The molecule has 4 nitrogen and oxygen atoms in total. The van der Waals surface area contributed by atoms with Gasteiger partial charge in [-0.25, -0.2) is 9.97 Å². The molecule has 1 aromatic carbocycles. The summed E-state index contributed by atoms with van der Waals surface area (Å²) in [6, 6.07) is 9.57. The molecule has 2 N–H and O–H groups in total. The van der Waals surface area contributed by atoms with Gasteiger partial charge in [-0.1, -0.05) is 12.1 Å². The van der Waals surface area contributed by atoms with Gasteiger partial charge >= 0.3 is 0 Å². The summed E-state index contributed by atoms with van der Waals surface area (Å²) in [5, 5.41) is 2.87. The maximum atomic E-state index is 5.93. The van der Waals surface area contributed by atoms with Crippen molar-refractivity contribution in [2.24, 2.45) is 0 Å². The Morgan fingerprint density at radius 2 is 2.11 bits per heavy atom. The van der Waals surface area contributed by atoms with Gasteiger partial charge in [-0.2, -0.15) is 0 Å². The number of benzene rings is 1. The van der Waals surface area contributed by atoms with Crippen molar-refractivity contribution in [1.82, 2.24) is 9.97 Å². The van der Waals surface area contributed by atoms with Crippen LogP contribution in [0.2, 0.25) is 0 Å². The zero-order valence-electron chi connectivity index (χ0n) is 9.75. The van der Waals surface area contributed by atoms with E-state index in [9.17, 15) is 0 Å². The lowest BCUT2D eigenvalue weighted by Crippen LogP contribution is -1.96. The average molecular weight is 257 g/mol. The highest BCUT2D eigenvalue weighted by atomic mass is 32.1. The number of nitrogens with two attached hydrogens (primary N) is 1. The summed E-state index contributed by atoms with van der Waals surface area (Å²) in [6.07, 6.45) is 0. The predicted octanol–water partition coefficient (Wildman–Crippen LogP) is 2.95. The standard InChI is InChI=1S/C13H11N3OS/c1-17-9-4-2-3-8(7-9)12-15-11(14)10-5-6-18-13(10)16-12/h2-7H,1H3,(H2,14,15,16). The van der Waals surface area contributed by atoms with Crippen LogP contribution in [0.5, 0.6) is 5.75 Å². The number of fused-ring (bicyclic) bond motifs is 1. The van der Waals surface area contributed by atoms with Gasteiger partial charge in [0.25, 0.3) is 0 Å². The SMILES string of the molecule is COc1cccc(-c2nc(N)c3ccsc3n2)c1. The number of nitrogen functional groups attached to an aromatic ring is 1. The fourth-order valence-electron chi connectivity index (χ4n) is 1.77. The molecule has 18 heavy (non-hydrogen) atoms. The Bertz CT molecular complexity index is 708. The van der Waals surface area contributed by atoms with Crippen molar-refractivity contribution < 1.29 is 4.74 Å². The number of nitrogens with zero attached hydrogens (tertiary/aromatic N) is 2. The van der Waals surface area contributed by atoms with Crippen LogP contribution in [0.15, 0.2) is 35.7 Å². The lowest BCUT2D eigenvalue weighted by atomic mass is 10.2. The molecule has 0 bridgehead atoms. The van der Waals surface area contributed by atoms with Crippen molar-refractivity contribution in [2.45, 2.75) is 0 Å². The molecule has 0 aliphatic rings. The maximum absolute atomic E-state index is 5.93. The van der Waals surface area contributed by atoms with Crippen LogP contribution in [-0.4, -0.2) is 17.1 Å². The molecule has 90 valence electrons. The minimum atomic E-state index is 0.513. The highest BCUT2D eigenvalue weighted by Crippen LogP contribution is 2.27. The molecule has 0 saturated heterocycles. The van der Waals surface area contributed by atoms with Crippen LogP contribution in [0.1, 0.15) is 0 Å². The van der Waals surface area contributed by atoms with E-state index in [-0.39, 0.29) is 0 Å². The van der Waals surface area contributed by atoms with Crippen molar-refractivity contribution in [3.8, 4) is 17.1 Å². The third-order valence-corrected chi connectivity index (χ3v) is 3.49. The smallest absolute Gasteiger partial charge is 0.163 e. The summed E-state index contributed by atoms with van der Waals surface area (Å²) in [6.45, 7) is 0. The average Bonchev–Trinajstić information content (AvgIpc) is 2.87. The lowest BCUT2D eigenvalue weighted by Gasteiger charge is -2.04. The Balaban J connectivity index is 2.18. The first-order valence-electron chi connectivity index (χ1n) is 5.43. The molecule has 5 heteroatoms. The Morgan fingerprint density at radius 1 is 1.22 bits per heavy atom. The summed E-state index contributed by atoms with van der Waals surface area (Å²) in [4.78, 5) is 9.75. The molecular weight excluding hydrogens is 246 g/mol. The van der Waals surface area contributed by atoms with Crippen LogP contribution in [0.3, 0.4) is 0 Å². The first-order chi connectivity index (χ1) is 8.78. The van der Waals surface area contributed by atoms with Gasteiger partial charge in [0.2, 0.25) is 0 Å². The number of hydrogen-bond acceptors (Lipinski definition) is 5. The molecule has 2 aromatic heterocycles. The molecule has 3 aromatic rings. The lowest BCUT2D eigenvalue weighted by molar-refractivity contribution is 0.415. The highest BCUT2D eigenvalue weighted by molar-refractivity contribution is 7.16. The molecule has 0 radical (unpaired) electrons. The summed E-state index contributed by atoms with van der Waals surface area (Å²) in [5.41, 5.74) is 6.83. The second-order valence-corrected chi connectivity index (χ2v) is 4.70. The number of methoxy groups -OCH3 is 1. The molecule has 0 aliphatic carbocycles. The largest absolute Gasteiger partial charge is 0.497 e. The molecule has 0 amide bonds. The van der Waals surface area contributed by atoms with E-state index in [0.717, 1.165) is 21.5 Å². The monoisotopic (exact) mass is 257 g/mol. The zero-order chi connectivity index (χ0) is 12.5. The van der Waals surface area contributed by atoms with Gasteiger partial charge < -0.3 is 10.5 Å². The third kappa shape index (κ3) is 1.78. The number of hydrogen-bond donors (Lipinski definition) is 1. The van der Waals surface area contributed by atoms with Crippen molar-refractivity contribution in [1.29, 1.82) is 0 Å². The van der Waals surface area contributed by atoms with Crippen LogP contribution in [0.25, 0.3) is 21.6 Å². The van der Waals surface area contributed by atoms with E-state index in [1.807, 2.05) is 35.7 Å². The summed E-state index contributed by atoms with van der Waals surface area (Å²) in [5.74, 6) is 1.92. The van der Waals surface area contributed by atoms with E-state index in [0.29, 0.717) is 11.6 Å². The van der Waals surface area contributed by atoms with Gasteiger partial charge in [-0.05, 0) is 23.6 Å². The summed E-state index contributed by atoms with van der Waals surface area (Å²) in [7, 11) is 1.64. The van der Waals surface area contributed by atoms with Crippen LogP contribution in [-0.2, 0) is 0 Å². The van der Waals surface area contributed by atoms with Crippen LogP contribution in [0.4, 0.5) is 5.82 Å². The third-order valence-electron chi connectivity index (χ3n) is 2.68.